The molecule has 1 N–H and O–H groups in total. The molecule has 1 saturated heterocycles. The van der Waals surface area contributed by atoms with Gasteiger partial charge in [-0.05, 0) is 60.5 Å². The van der Waals surface area contributed by atoms with Gasteiger partial charge >= 0.3 is 0 Å². The fraction of sp³-hybridized carbons (Fsp3) is 0.455. The SMILES string of the molecule is Cc1ccc(I)c([C@@H]2CCCN2)c1. The van der Waals surface area contributed by atoms with E-state index >= 15 is 0 Å². The van der Waals surface area contributed by atoms with Crippen molar-refractivity contribution in [2.24, 2.45) is 0 Å². The molecule has 1 aromatic rings. The summed E-state index contributed by atoms with van der Waals surface area (Å²) in [5.74, 6) is 0. The summed E-state index contributed by atoms with van der Waals surface area (Å²) in [5, 5.41) is 3.54. The Bertz CT molecular complexity index is 303. The molecule has 1 atom stereocenters. The normalized spacial score (nSPS) is 22.2. The van der Waals surface area contributed by atoms with Crippen LogP contribution in [-0.4, -0.2) is 6.54 Å². The van der Waals surface area contributed by atoms with Crippen LogP contribution in [0.4, 0.5) is 0 Å². The molecule has 1 aliphatic heterocycles. The third-order valence-electron chi connectivity index (χ3n) is 2.59. The fourth-order valence-corrected chi connectivity index (χ4v) is 2.59. The van der Waals surface area contributed by atoms with E-state index in [9.17, 15) is 0 Å². The predicted octanol–water partition coefficient (Wildman–Crippen LogP) is 3.02. The highest BCUT2D eigenvalue weighted by atomic mass is 127. The van der Waals surface area contributed by atoms with Crippen molar-refractivity contribution in [2.75, 3.05) is 6.54 Å². The maximum absolute atomic E-state index is 3.54. The van der Waals surface area contributed by atoms with E-state index in [2.05, 4.69) is 53.0 Å². The molecule has 1 nitrogen and oxygen atoms in total. The molecular weight excluding hydrogens is 273 g/mol. The van der Waals surface area contributed by atoms with Crippen LogP contribution in [0.1, 0.15) is 30.0 Å². The summed E-state index contributed by atoms with van der Waals surface area (Å²) in [5.41, 5.74) is 2.85. The summed E-state index contributed by atoms with van der Waals surface area (Å²) in [6.07, 6.45) is 2.61. The van der Waals surface area contributed by atoms with Gasteiger partial charge in [0.15, 0.2) is 0 Å². The number of halogens is 1. The standard InChI is InChI=1S/C11H14IN/c1-8-4-5-10(12)9(7-8)11-3-2-6-13-11/h4-5,7,11,13H,2-3,6H2,1H3/t11-/m0/s1. The van der Waals surface area contributed by atoms with Crippen molar-refractivity contribution in [2.45, 2.75) is 25.8 Å². The zero-order valence-electron chi connectivity index (χ0n) is 7.81. The minimum absolute atomic E-state index is 0.604. The molecule has 70 valence electrons. The zero-order chi connectivity index (χ0) is 9.26. The molecule has 1 aliphatic rings. The van der Waals surface area contributed by atoms with Crippen molar-refractivity contribution < 1.29 is 0 Å². The second-order valence-corrected chi connectivity index (χ2v) is 4.84. The first-order valence-electron chi connectivity index (χ1n) is 4.77. The number of rotatable bonds is 1. The highest BCUT2D eigenvalue weighted by molar-refractivity contribution is 14.1. The summed E-state index contributed by atoms with van der Waals surface area (Å²) >= 11 is 2.43. The summed E-state index contributed by atoms with van der Waals surface area (Å²) < 4.78 is 1.39. The van der Waals surface area contributed by atoms with Gasteiger partial charge in [0.25, 0.3) is 0 Å². The zero-order valence-corrected chi connectivity index (χ0v) is 9.97. The van der Waals surface area contributed by atoms with E-state index in [0.717, 1.165) is 0 Å². The van der Waals surface area contributed by atoms with Crippen LogP contribution in [0.2, 0.25) is 0 Å². The van der Waals surface area contributed by atoms with Crippen LogP contribution < -0.4 is 5.32 Å². The molecule has 1 heterocycles. The molecule has 1 fully saturated rings. The minimum Gasteiger partial charge on any atom is -0.310 e. The van der Waals surface area contributed by atoms with Crippen LogP contribution in [0, 0.1) is 10.5 Å². The molecule has 0 unspecified atom stereocenters. The Morgan fingerprint density at radius 3 is 3.00 bits per heavy atom. The highest BCUT2D eigenvalue weighted by Gasteiger charge is 2.17. The van der Waals surface area contributed by atoms with Crippen molar-refractivity contribution in [3.8, 4) is 0 Å². The molecule has 2 rings (SSSR count). The quantitative estimate of drug-likeness (QED) is 0.783. The fourth-order valence-electron chi connectivity index (χ4n) is 1.88. The van der Waals surface area contributed by atoms with Crippen molar-refractivity contribution in [3.05, 3.63) is 32.9 Å². The number of nitrogens with one attached hydrogen (secondary N) is 1. The third kappa shape index (κ3) is 2.05. The van der Waals surface area contributed by atoms with Crippen LogP contribution >= 0.6 is 22.6 Å². The number of hydrogen-bond acceptors (Lipinski definition) is 1. The first-order valence-corrected chi connectivity index (χ1v) is 5.84. The van der Waals surface area contributed by atoms with E-state index in [1.165, 1.54) is 34.1 Å². The maximum Gasteiger partial charge on any atom is 0.0331 e. The van der Waals surface area contributed by atoms with Gasteiger partial charge in [-0.15, -0.1) is 0 Å². The van der Waals surface area contributed by atoms with Crippen molar-refractivity contribution >= 4 is 22.6 Å². The second-order valence-electron chi connectivity index (χ2n) is 3.67. The highest BCUT2D eigenvalue weighted by Crippen LogP contribution is 2.27. The number of hydrogen-bond donors (Lipinski definition) is 1. The van der Waals surface area contributed by atoms with E-state index in [0.29, 0.717) is 6.04 Å². The Morgan fingerprint density at radius 1 is 1.46 bits per heavy atom. The van der Waals surface area contributed by atoms with Gasteiger partial charge in [0.1, 0.15) is 0 Å². The van der Waals surface area contributed by atoms with Gasteiger partial charge in [0.05, 0.1) is 0 Å². The van der Waals surface area contributed by atoms with E-state index in [-0.39, 0.29) is 0 Å². The molecule has 2 heteroatoms. The summed E-state index contributed by atoms with van der Waals surface area (Å²) in [6.45, 7) is 3.34. The maximum atomic E-state index is 3.54. The molecule has 0 spiro atoms. The Balaban J connectivity index is 2.32. The minimum atomic E-state index is 0.604. The molecular formula is C11H14IN. The molecule has 0 amide bonds. The van der Waals surface area contributed by atoms with E-state index in [1.807, 2.05) is 0 Å². The summed E-state index contributed by atoms with van der Waals surface area (Å²) in [6, 6.07) is 7.31. The van der Waals surface area contributed by atoms with Gasteiger partial charge in [-0.1, -0.05) is 17.7 Å². The Hall–Kier alpha value is -0.0900. The lowest BCUT2D eigenvalue weighted by Gasteiger charge is -2.13. The van der Waals surface area contributed by atoms with Gasteiger partial charge in [-0.25, -0.2) is 0 Å². The monoisotopic (exact) mass is 287 g/mol. The lowest BCUT2D eigenvalue weighted by molar-refractivity contribution is 0.644. The third-order valence-corrected chi connectivity index (χ3v) is 3.57. The van der Waals surface area contributed by atoms with Gasteiger partial charge in [0.2, 0.25) is 0 Å². The summed E-state index contributed by atoms with van der Waals surface area (Å²) in [7, 11) is 0. The topological polar surface area (TPSA) is 12.0 Å². The van der Waals surface area contributed by atoms with E-state index < -0.39 is 0 Å². The van der Waals surface area contributed by atoms with Gasteiger partial charge < -0.3 is 5.32 Å². The largest absolute Gasteiger partial charge is 0.310 e. The van der Waals surface area contributed by atoms with E-state index in [1.54, 1.807) is 0 Å². The van der Waals surface area contributed by atoms with Crippen LogP contribution in [-0.2, 0) is 0 Å². The van der Waals surface area contributed by atoms with Crippen LogP contribution in [0.15, 0.2) is 18.2 Å². The average Bonchev–Trinajstić information content (AvgIpc) is 2.61. The van der Waals surface area contributed by atoms with Crippen LogP contribution in [0.5, 0.6) is 0 Å². The molecule has 0 bridgehead atoms. The Labute approximate surface area is 93.1 Å². The molecule has 0 saturated carbocycles. The van der Waals surface area contributed by atoms with Crippen molar-refractivity contribution in [3.63, 3.8) is 0 Å². The predicted molar refractivity (Wildman–Crippen MR) is 63.9 cm³/mol. The molecule has 0 aliphatic carbocycles. The smallest absolute Gasteiger partial charge is 0.0331 e. The van der Waals surface area contributed by atoms with Crippen molar-refractivity contribution in [1.82, 2.24) is 5.32 Å². The van der Waals surface area contributed by atoms with Crippen molar-refractivity contribution in [1.29, 1.82) is 0 Å². The van der Waals surface area contributed by atoms with E-state index in [4.69, 9.17) is 0 Å². The second kappa shape index (κ2) is 3.96. The molecule has 13 heavy (non-hydrogen) atoms. The van der Waals surface area contributed by atoms with Gasteiger partial charge in [-0.3, -0.25) is 0 Å². The first-order chi connectivity index (χ1) is 6.27. The van der Waals surface area contributed by atoms with Gasteiger partial charge in [-0.2, -0.15) is 0 Å². The molecule has 0 aromatic heterocycles. The molecule has 1 aromatic carbocycles. The Kier molecular flexibility index (Phi) is 2.89. The van der Waals surface area contributed by atoms with Crippen LogP contribution in [0.25, 0.3) is 0 Å². The number of aryl methyl sites for hydroxylation is 1. The summed E-state index contributed by atoms with van der Waals surface area (Å²) in [4.78, 5) is 0. The first kappa shape index (κ1) is 9.46. The lowest BCUT2D eigenvalue weighted by Crippen LogP contribution is -2.14. The Morgan fingerprint density at radius 2 is 2.31 bits per heavy atom. The van der Waals surface area contributed by atoms with Crippen LogP contribution in [0.3, 0.4) is 0 Å². The van der Waals surface area contributed by atoms with Gasteiger partial charge in [0, 0.05) is 9.61 Å². The molecule has 0 radical (unpaired) electrons. The average molecular weight is 287 g/mol. The lowest BCUT2D eigenvalue weighted by atomic mass is 10.0. The number of benzene rings is 1.